The summed E-state index contributed by atoms with van der Waals surface area (Å²) in [5, 5.41) is 11.5. The molecular formula is C37H44N4O9S2. The molecule has 4 aliphatic rings. The second kappa shape index (κ2) is 16.6. The minimum absolute atomic E-state index is 0.0993. The average Bonchev–Trinajstić information content (AvgIpc) is 3.67. The molecule has 2 fully saturated rings. The third-order valence-electron chi connectivity index (χ3n) is 9.40. The van der Waals surface area contributed by atoms with Crippen molar-refractivity contribution >= 4 is 57.1 Å². The van der Waals surface area contributed by atoms with Gasteiger partial charge in [0.15, 0.2) is 29.2 Å². The van der Waals surface area contributed by atoms with E-state index in [9.17, 15) is 19.5 Å². The summed E-state index contributed by atoms with van der Waals surface area (Å²) in [6.45, 7) is 9.70. The maximum Gasteiger partial charge on any atom is 0.416 e. The van der Waals surface area contributed by atoms with Gasteiger partial charge >= 0.3 is 6.09 Å². The number of ether oxygens (including phenoxy) is 5. The molecule has 0 spiro atoms. The van der Waals surface area contributed by atoms with Crippen LogP contribution in [0.1, 0.15) is 52.8 Å². The highest BCUT2D eigenvalue weighted by Crippen LogP contribution is 2.42. The number of rotatable bonds is 14. The Balaban J connectivity index is 1.09. The Hall–Kier alpha value is -4.34. The van der Waals surface area contributed by atoms with Crippen LogP contribution >= 0.6 is 21.6 Å². The zero-order valence-corrected chi connectivity index (χ0v) is 31.3. The van der Waals surface area contributed by atoms with Crippen LogP contribution in [0, 0.1) is 0 Å². The van der Waals surface area contributed by atoms with Crippen molar-refractivity contribution in [2.75, 3.05) is 64.0 Å². The average molecular weight is 753 g/mol. The molecule has 0 saturated carbocycles. The van der Waals surface area contributed by atoms with Crippen LogP contribution in [-0.2, 0) is 4.74 Å². The van der Waals surface area contributed by atoms with Crippen LogP contribution in [0.5, 0.6) is 23.0 Å². The lowest BCUT2D eigenvalue weighted by Gasteiger charge is -2.31. The Bertz CT molecular complexity index is 1770. The van der Waals surface area contributed by atoms with Crippen LogP contribution in [-0.4, -0.2) is 116 Å². The molecule has 15 heteroatoms. The van der Waals surface area contributed by atoms with Crippen molar-refractivity contribution in [3.63, 3.8) is 0 Å². The first-order chi connectivity index (χ1) is 25.1. The van der Waals surface area contributed by atoms with E-state index >= 15 is 0 Å². The fourth-order valence-electron chi connectivity index (χ4n) is 6.85. The quantitative estimate of drug-likeness (QED) is 0.141. The molecule has 4 heterocycles. The number of aliphatic hydroxyl groups excluding tert-OH is 1. The summed E-state index contributed by atoms with van der Waals surface area (Å²) in [5.41, 5.74) is 3.20. The number of carbonyl (C=O) groups excluding carboxylic acids is 3. The monoisotopic (exact) mass is 752 g/mol. The van der Waals surface area contributed by atoms with Gasteiger partial charge in [0.05, 0.1) is 62.0 Å². The molecule has 2 aromatic rings. The first-order valence-electron chi connectivity index (χ1n) is 17.1. The molecular weight excluding hydrogens is 709 g/mol. The number of nitrogens with zero attached hydrogens (tertiary/aromatic N) is 4. The van der Waals surface area contributed by atoms with Gasteiger partial charge in [-0.25, -0.2) is 9.69 Å². The smallest absolute Gasteiger partial charge is 0.416 e. The van der Waals surface area contributed by atoms with Crippen molar-refractivity contribution in [1.82, 2.24) is 9.80 Å². The maximum atomic E-state index is 13.8. The molecule has 0 unspecified atom stereocenters. The van der Waals surface area contributed by atoms with Crippen LogP contribution in [0.2, 0.25) is 0 Å². The molecule has 278 valence electrons. The second-order valence-electron chi connectivity index (χ2n) is 12.9. The van der Waals surface area contributed by atoms with Crippen LogP contribution in [0.15, 0.2) is 53.6 Å². The molecule has 0 aromatic heterocycles. The predicted octanol–water partition coefficient (Wildman–Crippen LogP) is 5.88. The Morgan fingerprint density at radius 3 is 2.19 bits per heavy atom. The van der Waals surface area contributed by atoms with Gasteiger partial charge in [0.25, 0.3) is 11.8 Å². The summed E-state index contributed by atoms with van der Waals surface area (Å²) in [4.78, 5) is 49.5. The number of unbranched alkanes of at least 4 members (excludes halogenated alkanes) is 2. The second-order valence-corrected chi connectivity index (χ2v) is 15.6. The molecule has 0 bridgehead atoms. The van der Waals surface area contributed by atoms with E-state index in [1.54, 1.807) is 69.0 Å². The summed E-state index contributed by atoms with van der Waals surface area (Å²) in [7, 11) is 6.14. The molecule has 13 nitrogen and oxygen atoms in total. The SMILES string of the molecule is C=C1C[C@H]2C=Nc3cc(OCCCCCOc4cc5c(cc4OC)C(=O)N4CC(=C)C[C@H]4[C@H](O)N5C(=O)OCCSSC)c(OC)cc3C(=O)N2C1. The molecule has 3 amide bonds. The normalized spacial score (nSPS) is 20.5. The number of aliphatic hydroxyl groups is 1. The van der Waals surface area contributed by atoms with Gasteiger partial charge in [-0.05, 0) is 50.5 Å². The van der Waals surface area contributed by atoms with E-state index in [2.05, 4.69) is 18.2 Å². The molecule has 2 aromatic carbocycles. The number of anilines is 1. The van der Waals surface area contributed by atoms with Crippen molar-refractivity contribution in [3.05, 3.63) is 59.7 Å². The number of amides is 3. The highest BCUT2D eigenvalue weighted by molar-refractivity contribution is 8.76. The summed E-state index contributed by atoms with van der Waals surface area (Å²) in [6.07, 6.45) is 4.84. The largest absolute Gasteiger partial charge is 0.493 e. The summed E-state index contributed by atoms with van der Waals surface area (Å²) in [5.74, 6) is 1.76. The van der Waals surface area contributed by atoms with Crippen molar-refractivity contribution < 1.29 is 43.2 Å². The number of benzene rings is 2. The third kappa shape index (κ3) is 7.71. The number of hydrogen-bond donors (Lipinski definition) is 1. The molecule has 4 aliphatic heterocycles. The lowest BCUT2D eigenvalue weighted by Crippen LogP contribution is -2.51. The van der Waals surface area contributed by atoms with E-state index in [0.29, 0.717) is 85.4 Å². The first-order valence-corrected chi connectivity index (χ1v) is 19.9. The van der Waals surface area contributed by atoms with Crippen LogP contribution in [0.3, 0.4) is 0 Å². The van der Waals surface area contributed by atoms with Crippen LogP contribution in [0.4, 0.5) is 16.2 Å². The number of methoxy groups -OCH3 is 2. The minimum atomic E-state index is -1.35. The van der Waals surface area contributed by atoms with Gasteiger partial charge in [-0.2, -0.15) is 0 Å². The summed E-state index contributed by atoms with van der Waals surface area (Å²) >= 11 is 0. The first kappa shape index (κ1) is 37.4. The van der Waals surface area contributed by atoms with Gasteiger partial charge < -0.3 is 38.6 Å². The molecule has 2 saturated heterocycles. The highest BCUT2D eigenvalue weighted by Gasteiger charge is 2.46. The zero-order chi connectivity index (χ0) is 36.9. The summed E-state index contributed by atoms with van der Waals surface area (Å²) < 4.78 is 28.9. The van der Waals surface area contributed by atoms with Gasteiger partial charge in [-0.1, -0.05) is 45.9 Å². The van der Waals surface area contributed by atoms with Gasteiger partial charge in [0, 0.05) is 37.2 Å². The molecule has 3 atom stereocenters. The molecule has 52 heavy (non-hydrogen) atoms. The van der Waals surface area contributed by atoms with E-state index in [1.807, 2.05) is 6.26 Å². The van der Waals surface area contributed by atoms with Crippen molar-refractivity contribution in [1.29, 1.82) is 0 Å². The third-order valence-corrected chi connectivity index (χ3v) is 11.2. The van der Waals surface area contributed by atoms with Crippen molar-refractivity contribution in [2.45, 2.75) is 50.4 Å². The lowest BCUT2D eigenvalue weighted by molar-refractivity contribution is 0.0493. The Labute approximate surface area is 311 Å². The van der Waals surface area contributed by atoms with Gasteiger partial charge in [0.2, 0.25) is 0 Å². The van der Waals surface area contributed by atoms with Gasteiger partial charge in [-0.15, -0.1) is 0 Å². The van der Waals surface area contributed by atoms with E-state index < -0.39 is 18.4 Å². The number of fused-ring (bicyclic) bond motifs is 4. The Morgan fingerprint density at radius 2 is 1.50 bits per heavy atom. The standard InChI is InChI=1S/C37H44N4O9S2/c1-22-13-24-19-38-27-17-32(30(46-3)15-25(27)34(42)39(24)20-22)48-9-7-6-8-10-49-33-18-28-26(16-31(33)47-4)35(43)40-21-23(2)14-29(40)36(44)41(28)37(45)50-11-12-52-51-5/h15-19,24,29,36,44H,1-2,6-14,20-21H2,3-5H3/t24-,29-,36-/m0/s1. The van der Waals surface area contributed by atoms with E-state index in [0.717, 1.165) is 22.5 Å². The molecule has 0 aliphatic carbocycles. The minimum Gasteiger partial charge on any atom is -0.493 e. The summed E-state index contributed by atoms with van der Waals surface area (Å²) in [6, 6.07) is 5.78. The zero-order valence-electron chi connectivity index (χ0n) is 29.6. The fourth-order valence-corrected chi connectivity index (χ4v) is 7.87. The van der Waals surface area contributed by atoms with Crippen LogP contribution in [0.25, 0.3) is 0 Å². The van der Waals surface area contributed by atoms with E-state index in [1.165, 1.54) is 7.11 Å². The maximum absolute atomic E-state index is 13.8. The number of hydrogen-bond acceptors (Lipinski definition) is 12. The molecule has 6 rings (SSSR count). The Morgan fingerprint density at radius 1 is 0.865 bits per heavy atom. The molecule has 0 radical (unpaired) electrons. The number of aliphatic imine (C=N–C) groups is 1. The van der Waals surface area contributed by atoms with Crippen molar-refractivity contribution in [2.24, 2.45) is 4.99 Å². The predicted molar refractivity (Wildman–Crippen MR) is 202 cm³/mol. The van der Waals surface area contributed by atoms with Crippen molar-refractivity contribution in [3.8, 4) is 23.0 Å². The topological polar surface area (TPSA) is 140 Å². The number of carbonyl (C=O) groups is 3. The van der Waals surface area contributed by atoms with E-state index in [4.69, 9.17) is 23.7 Å². The fraction of sp³-hybridized carbons (Fsp3) is 0.459. The highest BCUT2D eigenvalue weighted by atomic mass is 33.1. The van der Waals surface area contributed by atoms with Gasteiger partial charge in [-0.3, -0.25) is 14.6 Å². The molecule has 1 N–H and O–H groups in total. The lowest BCUT2D eigenvalue weighted by atomic mass is 10.1. The van der Waals surface area contributed by atoms with E-state index in [-0.39, 0.29) is 42.3 Å². The van der Waals surface area contributed by atoms with Crippen LogP contribution < -0.4 is 23.8 Å². The van der Waals surface area contributed by atoms with Gasteiger partial charge in [0.1, 0.15) is 6.61 Å². The Kier molecular flexibility index (Phi) is 11.9.